The van der Waals surface area contributed by atoms with Gasteiger partial charge in [0.2, 0.25) is 0 Å². The standard InChI is InChI=1S/C16H25N3O2/c1-10(2)18-13(7-8-17)16(21)19-14(9-20)15(11-3-4-11)12-5-6-12/h7-12,14-15,17-18H,3-6H2,1-2H3,(H,19,21)/b13-7-,17-8?. The van der Waals surface area contributed by atoms with Crippen LogP contribution in [0.4, 0.5) is 0 Å². The Hall–Kier alpha value is -1.65. The second-order valence-corrected chi connectivity index (χ2v) is 6.43. The van der Waals surface area contributed by atoms with Gasteiger partial charge in [0.25, 0.3) is 5.91 Å². The molecule has 5 nitrogen and oxygen atoms in total. The maximum absolute atomic E-state index is 12.3. The van der Waals surface area contributed by atoms with Crippen LogP contribution in [0.5, 0.6) is 0 Å². The molecule has 0 heterocycles. The molecule has 0 aromatic heterocycles. The maximum atomic E-state index is 12.3. The highest BCUT2D eigenvalue weighted by Crippen LogP contribution is 2.50. The van der Waals surface area contributed by atoms with Crippen LogP contribution in [-0.4, -0.2) is 30.5 Å². The lowest BCUT2D eigenvalue weighted by atomic mass is 9.90. The van der Waals surface area contributed by atoms with Gasteiger partial charge in [-0.3, -0.25) is 4.79 Å². The van der Waals surface area contributed by atoms with E-state index in [0.717, 1.165) is 12.5 Å². The highest BCUT2D eigenvalue weighted by atomic mass is 16.2. The van der Waals surface area contributed by atoms with Crippen molar-refractivity contribution in [3.8, 4) is 0 Å². The number of hydrogen-bond donors (Lipinski definition) is 3. The van der Waals surface area contributed by atoms with Crippen LogP contribution in [0.3, 0.4) is 0 Å². The molecule has 1 atom stereocenters. The number of allylic oxidation sites excluding steroid dienone is 1. The van der Waals surface area contributed by atoms with Crippen molar-refractivity contribution >= 4 is 18.4 Å². The van der Waals surface area contributed by atoms with Crippen LogP contribution in [0.25, 0.3) is 0 Å². The van der Waals surface area contributed by atoms with Crippen molar-refractivity contribution in [2.45, 2.75) is 51.6 Å². The van der Waals surface area contributed by atoms with Crippen molar-refractivity contribution < 1.29 is 9.59 Å². The summed E-state index contributed by atoms with van der Waals surface area (Å²) in [6, 6.07) is -0.306. The van der Waals surface area contributed by atoms with E-state index in [4.69, 9.17) is 5.41 Å². The third-order valence-corrected chi connectivity index (χ3v) is 4.13. The van der Waals surface area contributed by atoms with E-state index < -0.39 is 6.04 Å². The lowest BCUT2D eigenvalue weighted by molar-refractivity contribution is -0.122. The third kappa shape index (κ3) is 4.41. The van der Waals surface area contributed by atoms with Gasteiger partial charge in [-0.15, -0.1) is 0 Å². The Bertz CT molecular complexity index is 425. The van der Waals surface area contributed by atoms with Crippen LogP contribution in [-0.2, 0) is 9.59 Å². The van der Waals surface area contributed by atoms with Crippen LogP contribution in [0.1, 0.15) is 39.5 Å². The smallest absolute Gasteiger partial charge is 0.267 e. The molecule has 0 aliphatic heterocycles. The molecule has 2 fully saturated rings. The monoisotopic (exact) mass is 291 g/mol. The van der Waals surface area contributed by atoms with E-state index in [0.29, 0.717) is 23.5 Å². The van der Waals surface area contributed by atoms with Gasteiger partial charge >= 0.3 is 0 Å². The van der Waals surface area contributed by atoms with E-state index in [2.05, 4.69) is 10.6 Å². The summed E-state index contributed by atoms with van der Waals surface area (Å²) < 4.78 is 0. The first-order chi connectivity index (χ1) is 10.1. The highest BCUT2D eigenvalue weighted by Gasteiger charge is 2.45. The molecule has 2 aliphatic carbocycles. The fraction of sp³-hybridized carbons (Fsp3) is 0.688. The number of aldehydes is 1. The molecule has 0 saturated heterocycles. The molecule has 2 rings (SSSR count). The van der Waals surface area contributed by atoms with Crippen molar-refractivity contribution in [3.63, 3.8) is 0 Å². The predicted octanol–water partition coefficient (Wildman–Crippen LogP) is 1.64. The SMILES string of the molecule is CC(C)N/C(=C\C=N)C(=O)NC(C=O)C(C1CC1)C1CC1. The first kappa shape index (κ1) is 15.7. The van der Waals surface area contributed by atoms with Crippen molar-refractivity contribution in [3.05, 3.63) is 11.8 Å². The van der Waals surface area contributed by atoms with Crippen molar-refractivity contribution in [1.29, 1.82) is 5.41 Å². The van der Waals surface area contributed by atoms with Crippen LogP contribution >= 0.6 is 0 Å². The first-order valence-corrected chi connectivity index (χ1v) is 7.80. The highest BCUT2D eigenvalue weighted by molar-refractivity contribution is 5.97. The zero-order valence-electron chi connectivity index (χ0n) is 12.8. The lowest BCUT2D eigenvalue weighted by Gasteiger charge is -2.24. The first-order valence-electron chi connectivity index (χ1n) is 7.80. The van der Waals surface area contributed by atoms with Gasteiger partial charge in [0.05, 0.1) is 6.04 Å². The molecule has 0 aromatic rings. The molecular weight excluding hydrogens is 266 g/mol. The van der Waals surface area contributed by atoms with Gasteiger partial charge in [0.1, 0.15) is 12.0 Å². The van der Waals surface area contributed by atoms with Gasteiger partial charge < -0.3 is 20.8 Å². The zero-order valence-corrected chi connectivity index (χ0v) is 12.8. The molecular formula is C16H25N3O2. The summed E-state index contributed by atoms with van der Waals surface area (Å²) >= 11 is 0. The Morgan fingerprint density at radius 1 is 1.14 bits per heavy atom. The summed E-state index contributed by atoms with van der Waals surface area (Å²) in [6.07, 6.45) is 8.10. The molecule has 0 aromatic carbocycles. The zero-order chi connectivity index (χ0) is 15.4. The molecule has 2 saturated carbocycles. The molecule has 21 heavy (non-hydrogen) atoms. The van der Waals surface area contributed by atoms with Gasteiger partial charge in [-0.2, -0.15) is 0 Å². The Labute approximate surface area is 126 Å². The Morgan fingerprint density at radius 3 is 2.10 bits per heavy atom. The van der Waals surface area contributed by atoms with Crippen LogP contribution < -0.4 is 10.6 Å². The van der Waals surface area contributed by atoms with Gasteiger partial charge in [0.15, 0.2) is 0 Å². The van der Waals surface area contributed by atoms with Gasteiger partial charge in [-0.25, -0.2) is 0 Å². The Morgan fingerprint density at radius 2 is 1.71 bits per heavy atom. The number of amides is 1. The fourth-order valence-electron chi connectivity index (χ4n) is 2.97. The summed E-state index contributed by atoms with van der Waals surface area (Å²) in [5, 5.41) is 13.0. The van der Waals surface area contributed by atoms with E-state index >= 15 is 0 Å². The van der Waals surface area contributed by atoms with E-state index in [1.165, 1.54) is 31.8 Å². The topological polar surface area (TPSA) is 82.1 Å². The molecule has 1 unspecified atom stereocenters. The van der Waals surface area contributed by atoms with Crippen molar-refractivity contribution in [2.75, 3.05) is 0 Å². The normalized spacial score (nSPS) is 20.3. The predicted molar refractivity (Wildman–Crippen MR) is 82.1 cm³/mol. The largest absolute Gasteiger partial charge is 0.378 e. The number of rotatable bonds is 9. The Kier molecular flexibility index (Phi) is 5.15. The number of carbonyl (C=O) groups excluding carboxylic acids is 2. The summed E-state index contributed by atoms with van der Waals surface area (Å²) in [5.74, 6) is 1.20. The third-order valence-electron chi connectivity index (χ3n) is 4.13. The van der Waals surface area contributed by atoms with Gasteiger partial charge in [-0.1, -0.05) is 0 Å². The summed E-state index contributed by atoms with van der Waals surface area (Å²) in [5.41, 5.74) is 0.345. The van der Waals surface area contributed by atoms with E-state index in [9.17, 15) is 9.59 Å². The lowest BCUT2D eigenvalue weighted by Crippen LogP contribution is -2.46. The molecule has 0 spiro atoms. The number of nitrogens with one attached hydrogen (secondary N) is 3. The van der Waals surface area contributed by atoms with Crippen LogP contribution in [0.2, 0.25) is 0 Å². The summed E-state index contributed by atoms with van der Waals surface area (Å²) in [6.45, 7) is 3.86. The van der Waals surface area contributed by atoms with E-state index in [1.807, 2.05) is 13.8 Å². The molecule has 5 heteroatoms. The fourth-order valence-corrected chi connectivity index (χ4v) is 2.97. The average molecular weight is 291 g/mol. The van der Waals surface area contributed by atoms with Crippen molar-refractivity contribution in [2.24, 2.45) is 17.8 Å². The number of hydrogen-bond acceptors (Lipinski definition) is 4. The van der Waals surface area contributed by atoms with Gasteiger partial charge in [-0.05, 0) is 63.4 Å². The minimum absolute atomic E-state index is 0.0966. The minimum atomic E-state index is -0.402. The Balaban J connectivity index is 2.01. The second kappa shape index (κ2) is 6.87. The molecule has 0 bridgehead atoms. The van der Waals surface area contributed by atoms with E-state index in [-0.39, 0.29) is 11.9 Å². The summed E-state index contributed by atoms with van der Waals surface area (Å²) in [4.78, 5) is 23.8. The van der Waals surface area contributed by atoms with E-state index in [1.54, 1.807) is 0 Å². The quantitative estimate of drug-likeness (QED) is 0.343. The molecule has 3 N–H and O–H groups in total. The number of carbonyl (C=O) groups is 2. The van der Waals surface area contributed by atoms with Gasteiger partial charge in [0, 0.05) is 12.3 Å². The summed E-state index contributed by atoms with van der Waals surface area (Å²) in [7, 11) is 0. The molecule has 0 radical (unpaired) electrons. The van der Waals surface area contributed by atoms with Crippen LogP contribution in [0, 0.1) is 23.2 Å². The average Bonchev–Trinajstić information content (AvgIpc) is 3.30. The molecule has 1 amide bonds. The maximum Gasteiger partial charge on any atom is 0.267 e. The molecule has 2 aliphatic rings. The van der Waals surface area contributed by atoms with Crippen LogP contribution in [0.15, 0.2) is 11.8 Å². The second-order valence-electron chi connectivity index (χ2n) is 6.43. The molecule has 116 valence electrons. The minimum Gasteiger partial charge on any atom is -0.378 e. The van der Waals surface area contributed by atoms with Crippen molar-refractivity contribution in [1.82, 2.24) is 10.6 Å².